The van der Waals surface area contributed by atoms with Crippen molar-refractivity contribution in [2.45, 2.75) is 25.3 Å². The van der Waals surface area contributed by atoms with Gasteiger partial charge in [0.2, 0.25) is 0 Å². The molecule has 4 heteroatoms. The number of halogens is 1. The summed E-state index contributed by atoms with van der Waals surface area (Å²) in [6.45, 7) is 3.51. The summed E-state index contributed by atoms with van der Waals surface area (Å²) in [4.78, 5) is 10.1. The number of carbonyl (C=O) groups is 1. The molecule has 0 fully saturated rings. The van der Waals surface area contributed by atoms with Gasteiger partial charge in [-0.2, -0.15) is 0 Å². The Kier molecular flexibility index (Phi) is 9.00. The topological polar surface area (TPSA) is 63.3 Å². The molecule has 11 heavy (non-hydrogen) atoms. The van der Waals surface area contributed by atoms with E-state index >= 15 is 0 Å². The van der Waals surface area contributed by atoms with Gasteiger partial charge in [-0.1, -0.05) is 6.08 Å². The van der Waals surface area contributed by atoms with Crippen molar-refractivity contribution in [3.8, 4) is 0 Å². The van der Waals surface area contributed by atoms with Gasteiger partial charge in [-0.05, 0) is 12.8 Å². The largest absolute Gasteiger partial charge is 0.481 e. The first-order valence-electron chi connectivity index (χ1n) is 3.25. The minimum absolute atomic E-state index is 0. The zero-order valence-electron chi connectivity index (χ0n) is 6.32. The fourth-order valence-corrected chi connectivity index (χ4v) is 0.658. The van der Waals surface area contributed by atoms with Crippen LogP contribution in [0.1, 0.15) is 19.3 Å². The summed E-state index contributed by atoms with van der Waals surface area (Å²) in [5.41, 5.74) is 5.43. The van der Waals surface area contributed by atoms with Gasteiger partial charge in [-0.25, -0.2) is 0 Å². The lowest BCUT2D eigenvalue weighted by molar-refractivity contribution is -0.137. The lowest BCUT2D eigenvalue weighted by Gasteiger charge is -2.04. The number of carboxylic acid groups (broad SMARTS) is 1. The number of allylic oxidation sites excluding steroid dienone is 1. The average Bonchev–Trinajstić information content (AvgIpc) is 1.82. The standard InChI is InChI=1S/C7H13NO2.ClH/c1-2-3-4-6(8)5-7(9)10;/h2,6H,1,3-5,8H2,(H,9,10);1H/t6-;/m0./s1. The molecule has 3 N–H and O–H groups in total. The zero-order chi connectivity index (χ0) is 7.98. The van der Waals surface area contributed by atoms with E-state index in [1.807, 2.05) is 0 Å². The highest BCUT2D eigenvalue weighted by Crippen LogP contribution is 1.98. The van der Waals surface area contributed by atoms with E-state index < -0.39 is 5.97 Å². The molecule has 0 heterocycles. The van der Waals surface area contributed by atoms with E-state index in [4.69, 9.17) is 10.8 Å². The highest BCUT2D eigenvalue weighted by atomic mass is 35.5. The van der Waals surface area contributed by atoms with Gasteiger partial charge >= 0.3 is 5.97 Å². The van der Waals surface area contributed by atoms with Gasteiger partial charge in [0.05, 0.1) is 6.42 Å². The molecule has 0 aromatic carbocycles. The molecule has 0 saturated carbocycles. The molecule has 0 bridgehead atoms. The van der Waals surface area contributed by atoms with Crippen LogP contribution in [0.2, 0.25) is 0 Å². The number of aliphatic carboxylic acids is 1. The van der Waals surface area contributed by atoms with Crippen molar-refractivity contribution in [2.75, 3.05) is 0 Å². The maximum absolute atomic E-state index is 10.1. The molecule has 0 radical (unpaired) electrons. The van der Waals surface area contributed by atoms with E-state index in [1.165, 1.54) is 0 Å². The van der Waals surface area contributed by atoms with Crippen molar-refractivity contribution in [1.82, 2.24) is 0 Å². The van der Waals surface area contributed by atoms with Crippen molar-refractivity contribution in [2.24, 2.45) is 5.73 Å². The van der Waals surface area contributed by atoms with E-state index in [2.05, 4.69) is 6.58 Å². The van der Waals surface area contributed by atoms with Gasteiger partial charge in [0.15, 0.2) is 0 Å². The summed E-state index contributed by atoms with van der Waals surface area (Å²) in [7, 11) is 0. The van der Waals surface area contributed by atoms with Crippen LogP contribution in [-0.2, 0) is 4.79 Å². The number of carboxylic acids is 1. The monoisotopic (exact) mass is 179 g/mol. The first kappa shape index (κ1) is 13.1. The van der Waals surface area contributed by atoms with E-state index in [9.17, 15) is 4.79 Å². The van der Waals surface area contributed by atoms with E-state index in [1.54, 1.807) is 6.08 Å². The van der Waals surface area contributed by atoms with Gasteiger partial charge < -0.3 is 10.8 Å². The third kappa shape index (κ3) is 9.46. The molecule has 66 valence electrons. The predicted octanol–water partition coefficient (Wildman–Crippen LogP) is 1.18. The van der Waals surface area contributed by atoms with Gasteiger partial charge in [-0.3, -0.25) is 4.79 Å². The molecule has 3 nitrogen and oxygen atoms in total. The smallest absolute Gasteiger partial charge is 0.304 e. The third-order valence-corrected chi connectivity index (χ3v) is 1.18. The quantitative estimate of drug-likeness (QED) is 0.623. The van der Waals surface area contributed by atoms with Gasteiger partial charge in [0.1, 0.15) is 0 Å². The van der Waals surface area contributed by atoms with Crippen LogP contribution < -0.4 is 5.73 Å². The molecule has 0 saturated heterocycles. The van der Waals surface area contributed by atoms with Gasteiger partial charge in [0.25, 0.3) is 0 Å². The summed E-state index contributed by atoms with van der Waals surface area (Å²) in [5.74, 6) is -0.837. The Morgan fingerprint density at radius 1 is 1.73 bits per heavy atom. The summed E-state index contributed by atoms with van der Waals surface area (Å²) in [6, 6.07) is -0.226. The van der Waals surface area contributed by atoms with Crippen LogP contribution in [0.4, 0.5) is 0 Å². The second kappa shape index (κ2) is 7.57. The van der Waals surface area contributed by atoms with Crippen molar-refractivity contribution in [3.05, 3.63) is 12.7 Å². The molecule has 0 aromatic rings. The number of hydrogen-bond donors (Lipinski definition) is 2. The Balaban J connectivity index is 0. The molecule has 0 spiro atoms. The first-order chi connectivity index (χ1) is 4.66. The maximum atomic E-state index is 10.1. The maximum Gasteiger partial charge on any atom is 0.304 e. The van der Waals surface area contributed by atoms with Crippen LogP contribution in [0.5, 0.6) is 0 Å². The van der Waals surface area contributed by atoms with Gasteiger partial charge in [-0.15, -0.1) is 19.0 Å². The summed E-state index contributed by atoms with van der Waals surface area (Å²) < 4.78 is 0. The van der Waals surface area contributed by atoms with Crippen molar-refractivity contribution in [3.63, 3.8) is 0 Å². The molecule has 0 aliphatic rings. The molecule has 0 aliphatic carbocycles. The summed E-state index contributed by atoms with van der Waals surface area (Å²) >= 11 is 0. The van der Waals surface area contributed by atoms with E-state index in [-0.39, 0.29) is 24.9 Å². The minimum atomic E-state index is -0.837. The lowest BCUT2D eigenvalue weighted by Crippen LogP contribution is -2.23. The summed E-state index contributed by atoms with van der Waals surface area (Å²) in [6.07, 6.45) is 3.28. The van der Waals surface area contributed by atoms with Crippen molar-refractivity contribution < 1.29 is 9.90 Å². The second-order valence-corrected chi connectivity index (χ2v) is 2.22. The van der Waals surface area contributed by atoms with Gasteiger partial charge in [0, 0.05) is 6.04 Å². The Morgan fingerprint density at radius 3 is 2.64 bits per heavy atom. The molecular weight excluding hydrogens is 166 g/mol. The first-order valence-corrected chi connectivity index (χ1v) is 3.25. The predicted molar refractivity (Wildman–Crippen MR) is 46.9 cm³/mol. The highest BCUT2D eigenvalue weighted by molar-refractivity contribution is 5.85. The molecule has 0 amide bonds. The molecule has 0 unspecified atom stereocenters. The molecule has 0 aromatic heterocycles. The van der Waals surface area contributed by atoms with Crippen LogP contribution in [0.3, 0.4) is 0 Å². The highest BCUT2D eigenvalue weighted by Gasteiger charge is 2.05. The zero-order valence-corrected chi connectivity index (χ0v) is 7.14. The van der Waals surface area contributed by atoms with Crippen molar-refractivity contribution >= 4 is 18.4 Å². The Morgan fingerprint density at radius 2 is 2.27 bits per heavy atom. The van der Waals surface area contributed by atoms with E-state index in [0.717, 1.165) is 6.42 Å². The SMILES string of the molecule is C=CCC[C@H](N)CC(=O)O.Cl. The average molecular weight is 180 g/mol. The Hall–Kier alpha value is -0.540. The Bertz CT molecular complexity index is 128. The molecule has 0 rings (SSSR count). The Labute approximate surface area is 72.7 Å². The van der Waals surface area contributed by atoms with Crippen LogP contribution in [0.15, 0.2) is 12.7 Å². The van der Waals surface area contributed by atoms with Crippen LogP contribution in [-0.4, -0.2) is 17.1 Å². The van der Waals surface area contributed by atoms with Crippen LogP contribution >= 0.6 is 12.4 Å². The number of nitrogens with two attached hydrogens (primary N) is 1. The molecular formula is C7H14ClNO2. The second-order valence-electron chi connectivity index (χ2n) is 2.22. The number of rotatable bonds is 5. The van der Waals surface area contributed by atoms with Crippen LogP contribution in [0, 0.1) is 0 Å². The van der Waals surface area contributed by atoms with E-state index in [0.29, 0.717) is 6.42 Å². The molecule has 0 aliphatic heterocycles. The summed E-state index contributed by atoms with van der Waals surface area (Å²) in [5, 5.41) is 8.28. The fourth-order valence-electron chi connectivity index (χ4n) is 0.658. The van der Waals surface area contributed by atoms with Crippen LogP contribution in [0.25, 0.3) is 0 Å². The van der Waals surface area contributed by atoms with Crippen molar-refractivity contribution in [1.29, 1.82) is 0 Å². The number of hydrogen-bond acceptors (Lipinski definition) is 2. The molecule has 1 atom stereocenters. The lowest BCUT2D eigenvalue weighted by atomic mass is 10.1. The third-order valence-electron chi connectivity index (χ3n) is 1.18. The minimum Gasteiger partial charge on any atom is -0.481 e. The normalized spacial score (nSPS) is 11.4. The fraction of sp³-hybridized carbons (Fsp3) is 0.571.